The summed E-state index contributed by atoms with van der Waals surface area (Å²) in [6.07, 6.45) is 2.92. The fourth-order valence-electron chi connectivity index (χ4n) is 1.05. The van der Waals surface area contributed by atoms with Gasteiger partial charge in [-0.05, 0) is 13.0 Å². The van der Waals surface area contributed by atoms with E-state index >= 15 is 0 Å². The lowest BCUT2D eigenvalue weighted by Crippen LogP contribution is -2.17. The third-order valence-electron chi connectivity index (χ3n) is 1.72. The van der Waals surface area contributed by atoms with E-state index in [0.717, 1.165) is 25.2 Å². The monoisotopic (exact) mass is 177 g/mol. The molecule has 0 amide bonds. The molecular weight excluding hydrogens is 162 g/mol. The molecule has 0 fully saturated rings. The molecule has 1 aromatic rings. The van der Waals surface area contributed by atoms with Crippen LogP contribution in [0.2, 0.25) is 0 Å². The minimum atomic E-state index is 0.767. The number of hydrogen-bond acceptors (Lipinski definition) is 2. The molecule has 0 aromatic carbocycles. The van der Waals surface area contributed by atoms with Gasteiger partial charge in [0.15, 0.2) is 0 Å². The molecule has 1 heterocycles. The van der Waals surface area contributed by atoms with Gasteiger partial charge in [-0.15, -0.1) is 5.92 Å². The van der Waals surface area contributed by atoms with Gasteiger partial charge in [-0.2, -0.15) is 5.10 Å². The lowest BCUT2D eigenvalue weighted by Gasteiger charge is -1.96. The number of nitrogens with zero attached hydrogens (tertiary/aromatic N) is 2. The second kappa shape index (κ2) is 5.39. The van der Waals surface area contributed by atoms with E-state index in [4.69, 9.17) is 0 Å². The number of hydrogen-bond donors (Lipinski definition) is 1. The Morgan fingerprint density at radius 2 is 2.46 bits per heavy atom. The molecule has 0 saturated heterocycles. The third kappa shape index (κ3) is 3.77. The van der Waals surface area contributed by atoms with Crippen molar-refractivity contribution in [1.29, 1.82) is 0 Å². The summed E-state index contributed by atoms with van der Waals surface area (Å²) >= 11 is 0. The SMILES string of the molecule is CC#CCNCCc1ccn(C)n1. The van der Waals surface area contributed by atoms with E-state index in [0.29, 0.717) is 0 Å². The van der Waals surface area contributed by atoms with Gasteiger partial charge in [0.25, 0.3) is 0 Å². The Hall–Kier alpha value is -1.27. The fraction of sp³-hybridized carbons (Fsp3) is 0.500. The largest absolute Gasteiger partial charge is 0.306 e. The second-order valence-corrected chi connectivity index (χ2v) is 2.83. The molecule has 0 aliphatic heterocycles. The Bertz CT molecular complexity index is 303. The van der Waals surface area contributed by atoms with Gasteiger partial charge >= 0.3 is 0 Å². The van der Waals surface area contributed by atoms with Gasteiger partial charge in [-0.25, -0.2) is 0 Å². The van der Waals surface area contributed by atoms with Crippen molar-refractivity contribution in [2.24, 2.45) is 7.05 Å². The third-order valence-corrected chi connectivity index (χ3v) is 1.72. The second-order valence-electron chi connectivity index (χ2n) is 2.83. The quantitative estimate of drug-likeness (QED) is 0.538. The average Bonchev–Trinajstić information content (AvgIpc) is 2.51. The minimum Gasteiger partial charge on any atom is -0.306 e. The average molecular weight is 177 g/mol. The first-order valence-corrected chi connectivity index (χ1v) is 4.42. The topological polar surface area (TPSA) is 29.9 Å². The number of rotatable bonds is 4. The summed E-state index contributed by atoms with van der Waals surface area (Å²) in [6, 6.07) is 2.03. The smallest absolute Gasteiger partial charge is 0.0637 e. The predicted molar refractivity (Wildman–Crippen MR) is 53.2 cm³/mol. The Kier molecular flexibility index (Phi) is 4.07. The van der Waals surface area contributed by atoms with Crippen LogP contribution < -0.4 is 5.32 Å². The molecule has 13 heavy (non-hydrogen) atoms. The van der Waals surface area contributed by atoms with Gasteiger partial charge in [-0.1, -0.05) is 5.92 Å². The zero-order chi connectivity index (χ0) is 9.52. The molecule has 3 nitrogen and oxygen atoms in total. The number of aryl methyl sites for hydroxylation is 1. The molecule has 0 saturated carbocycles. The van der Waals surface area contributed by atoms with Crippen molar-refractivity contribution in [3.63, 3.8) is 0 Å². The van der Waals surface area contributed by atoms with Gasteiger partial charge < -0.3 is 5.32 Å². The molecule has 0 unspecified atom stereocenters. The first-order valence-electron chi connectivity index (χ1n) is 4.42. The van der Waals surface area contributed by atoms with Crippen molar-refractivity contribution in [3.05, 3.63) is 18.0 Å². The standard InChI is InChI=1S/C10H15N3/c1-3-4-7-11-8-5-10-6-9-13(2)12-10/h6,9,11H,5,7-8H2,1-2H3. The fourth-order valence-corrected chi connectivity index (χ4v) is 1.05. The molecular formula is C10H15N3. The molecule has 70 valence electrons. The predicted octanol–water partition coefficient (Wildman–Crippen LogP) is 0.575. The maximum atomic E-state index is 4.27. The van der Waals surface area contributed by atoms with Crippen molar-refractivity contribution in [3.8, 4) is 11.8 Å². The van der Waals surface area contributed by atoms with Crippen molar-refractivity contribution in [1.82, 2.24) is 15.1 Å². The minimum absolute atomic E-state index is 0.767. The molecule has 3 heteroatoms. The van der Waals surface area contributed by atoms with Crippen LogP contribution in [-0.2, 0) is 13.5 Å². The molecule has 1 N–H and O–H groups in total. The van der Waals surface area contributed by atoms with Crippen LogP contribution in [0.1, 0.15) is 12.6 Å². The highest BCUT2D eigenvalue weighted by molar-refractivity contribution is 5.00. The summed E-state index contributed by atoms with van der Waals surface area (Å²) in [5.74, 6) is 5.79. The van der Waals surface area contributed by atoms with Crippen LogP contribution in [0.3, 0.4) is 0 Å². The normalized spacial score (nSPS) is 9.38. The molecule has 0 aliphatic carbocycles. The highest BCUT2D eigenvalue weighted by Crippen LogP contribution is 1.93. The number of aromatic nitrogens is 2. The van der Waals surface area contributed by atoms with E-state index in [2.05, 4.69) is 22.3 Å². The molecule has 0 bridgehead atoms. The summed E-state index contributed by atoms with van der Waals surface area (Å²) in [6.45, 7) is 3.55. The van der Waals surface area contributed by atoms with Gasteiger partial charge in [0, 0.05) is 26.2 Å². The van der Waals surface area contributed by atoms with E-state index in [1.165, 1.54) is 0 Å². The Morgan fingerprint density at radius 3 is 3.08 bits per heavy atom. The van der Waals surface area contributed by atoms with Gasteiger partial charge in [0.2, 0.25) is 0 Å². The summed E-state index contributed by atoms with van der Waals surface area (Å²) in [5, 5.41) is 7.49. The first-order chi connectivity index (χ1) is 6.33. The van der Waals surface area contributed by atoms with Crippen molar-refractivity contribution in [2.45, 2.75) is 13.3 Å². The van der Waals surface area contributed by atoms with Gasteiger partial charge in [0.05, 0.1) is 12.2 Å². The van der Waals surface area contributed by atoms with Crippen LogP contribution in [-0.4, -0.2) is 22.9 Å². The molecule has 0 aliphatic rings. The van der Waals surface area contributed by atoms with E-state index in [9.17, 15) is 0 Å². The Labute approximate surface area is 79.1 Å². The summed E-state index contributed by atoms with van der Waals surface area (Å²) in [7, 11) is 1.93. The van der Waals surface area contributed by atoms with E-state index in [1.54, 1.807) is 0 Å². The van der Waals surface area contributed by atoms with E-state index < -0.39 is 0 Å². The molecule has 1 aromatic heterocycles. The lowest BCUT2D eigenvalue weighted by atomic mass is 10.3. The van der Waals surface area contributed by atoms with Crippen LogP contribution in [0, 0.1) is 11.8 Å². The van der Waals surface area contributed by atoms with Crippen molar-refractivity contribution in [2.75, 3.05) is 13.1 Å². The van der Waals surface area contributed by atoms with Crippen LogP contribution in [0.5, 0.6) is 0 Å². The molecule has 0 radical (unpaired) electrons. The maximum absolute atomic E-state index is 4.27. The zero-order valence-corrected chi connectivity index (χ0v) is 8.17. The van der Waals surface area contributed by atoms with Crippen LogP contribution >= 0.6 is 0 Å². The zero-order valence-electron chi connectivity index (χ0n) is 8.17. The lowest BCUT2D eigenvalue weighted by molar-refractivity contribution is 0.703. The molecule has 0 atom stereocenters. The Balaban J connectivity index is 2.15. The van der Waals surface area contributed by atoms with Crippen LogP contribution in [0.15, 0.2) is 12.3 Å². The van der Waals surface area contributed by atoms with Gasteiger partial charge in [-0.3, -0.25) is 4.68 Å². The molecule has 1 rings (SSSR count). The summed E-state index contributed by atoms with van der Waals surface area (Å²) < 4.78 is 1.82. The van der Waals surface area contributed by atoms with Gasteiger partial charge in [0.1, 0.15) is 0 Å². The molecule has 0 spiro atoms. The highest BCUT2D eigenvalue weighted by Gasteiger charge is 1.94. The van der Waals surface area contributed by atoms with Crippen molar-refractivity contribution >= 4 is 0 Å². The Morgan fingerprint density at radius 1 is 1.62 bits per heavy atom. The van der Waals surface area contributed by atoms with Crippen LogP contribution in [0.4, 0.5) is 0 Å². The van der Waals surface area contributed by atoms with Crippen LogP contribution in [0.25, 0.3) is 0 Å². The summed E-state index contributed by atoms with van der Waals surface area (Å²) in [5.41, 5.74) is 1.12. The number of nitrogens with one attached hydrogen (secondary N) is 1. The first kappa shape index (κ1) is 9.82. The highest BCUT2D eigenvalue weighted by atomic mass is 15.2. The van der Waals surface area contributed by atoms with Crippen molar-refractivity contribution < 1.29 is 0 Å². The van der Waals surface area contributed by atoms with E-state index in [1.807, 2.05) is 30.9 Å². The summed E-state index contributed by atoms with van der Waals surface area (Å²) in [4.78, 5) is 0. The van der Waals surface area contributed by atoms with E-state index in [-0.39, 0.29) is 0 Å². The maximum Gasteiger partial charge on any atom is 0.0637 e.